The lowest BCUT2D eigenvalue weighted by Gasteiger charge is -2.21. The summed E-state index contributed by atoms with van der Waals surface area (Å²) in [6.45, 7) is 1.86. The fourth-order valence-corrected chi connectivity index (χ4v) is 2.91. The SMILES string of the molecule is O=[N+]([O-])c1ccc(CN2CCCC2CO)s1. The normalized spacial score (nSPS) is 21.4. The van der Waals surface area contributed by atoms with Crippen molar-refractivity contribution in [2.24, 2.45) is 0 Å². The third kappa shape index (κ3) is 2.40. The molecule has 16 heavy (non-hydrogen) atoms. The van der Waals surface area contributed by atoms with E-state index in [1.165, 1.54) is 11.3 Å². The molecule has 1 aromatic heterocycles. The second-order valence-corrected chi connectivity index (χ2v) is 5.09. The number of aliphatic hydroxyl groups is 1. The van der Waals surface area contributed by atoms with Crippen LogP contribution in [0.5, 0.6) is 0 Å². The molecular weight excluding hydrogens is 228 g/mol. The molecular formula is C10H14N2O3S. The van der Waals surface area contributed by atoms with Gasteiger partial charge in [0.15, 0.2) is 0 Å². The molecule has 1 unspecified atom stereocenters. The third-order valence-corrected chi connectivity index (χ3v) is 3.92. The molecule has 0 spiro atoms. The van der Waals surface area contributed by atoms with Gasteiger partial charge in [-0.3, -0.25) is 15.0 Å². The van der Waals surface area contributed by atoms with E-state index in [0.29, 0.717) is 6.54 Å². The fraction of sp³-hybridized carbons (Fsp3) is 0.600. The average Bonchev–Trinajstić information content (AvgIpc) is 2.87. The zero-order valence-electron chi connectivity index (χ0n) is 8.83. The highest BCUT2D eigenvalue weighted by molar-refractivity contribution is 7.15. The summed E-state index contributed by atoms with van der Waals surface area (Å²) >= 11 is 1.22. The van der Waals surface area contributed by atoms with Crippen molar-refractivity contribution in [2.75, 3.05) is 13.2 Å². The van der Waals surface area contributed by atoms with E-state index < -0.39 is 0 Å². The van der Waals surface area contributed by atoms with E-state index in [9.17, 15) is 10.1 Å². The monoisotopic (exact) mass is 242 g/mol. The minimum atomic E-state index is -0.359. The van der Waals surface area contributed by atoms with Crippen LogP contribution < -0.4 is 0 Å². The predicted octanol–water partition coefficient (Wildman–Crippen LogP) is 1.61. The standard InChI is InChI=1S/C10H14N2O3S/c13-7-8-2-1-5-11(8)6-9-3-4-10(16-9)12(14)15/h3-4,8,13H,1-2,5-7H2. The van der Waals surface area contributed by atoms with Gasteiger partial charge in [0.1, 0.15) is 0 Å². The van der Waals surface area contributed by atoms with Crippen LogP contribution in [0.3, 0.4) is 0 Å². The highest BCUT2D eigenvalue weighted by atomic mass is 32.1. The number of nitro groups is 1. The van der Waals surface area contributed by atoms with E-state index in [-0.39, 0.29) is 22.6 Å². The van der Waals surface area contributed by atoms with E-state index in [1.807, 2.05) is 0 Å². The lowest BCUT2D eigenvalue weighted by Crippen LogP contribution is -2.31. The second kappa shape index (κ2) is 4.90. The molecule has 1 aliphatic heterocycles. The Morgan fingerprint density at radius 2 is 2.44 bits per heavy atom. The average molecular weight is 242 g/mol. The smallest absolute Gasteiger partial charge is 0.324 e. The van der Waals surface area contributed by atoms with E-state index in [2.05, 4.69) is 4.90 Å². The quantitative estimate of drug-likeness (QED) is 0.643. The molecule has 6 heteroatoms. The van der Waals surface area contributed by atoms with Crippen molar-refractivity contribution in [3.05, 3.63) is 27.1 Å². The number of thiophene rings is 1. The Morgan fingerprint density at radius 1 is 1.62 bits per heavy atom. The van der Waals surface area contributed by atoms with Gasteiger partial charge >= 0.3 is 5.00 Å². The summed E-state index contributed by atoms with van der Waals surface area (Å²) in [5, 5.41) is 19.9. The maximum absolute atomic E-state index is 10.5. The molecule has 1 saturated heterocycles. The van der Waals surface area contributed by atoms with Crippen LogP contribution in [0.4, 0.5) is 5.00 Å². The summed E-state index contributed by atoms with van der Waals surface area (Å²) in [5.74, 6) is 0. The summed E-state index contributed by atoms with van der Waals surface area (Å²) in [6.07, 6.45) is 2.11. The molecule has 0 amide bonds. The van der Waals surface area contributed by atoms with E-state index in [1.54, 1.807) is 12.1 Å². The minimum Gasteiger partial charge on any atom is -0.395 e. The van der Waals surface area contributed by atoms with Crippen molar-refractivity contribution >= 4 is 16.3 Å². The Morgan fingerprint density at radius 3 is 3.06 bits per heavy atom. The van der Waals surface area contributed by atoms with Crippen molar-refractivity contribution in [2.45, 2.75) is 25.4 Å². The Bertz CT molecular complexity index is 380. The van der Waals surface area contributed by atoms with Gasteiger partial charge in [-0.2, -0.15) is 0 Å². The highest BCUT2D eigenvalue weighted by Gasteiger charge is 2.24. The second-order valence-electron chi connectivity index (χ2n) is 3.95. The number of aliphatic hydroxyl groups excluding tert-OH is 1. The first-order valence-electron chi connectivity index (χ1n) is 5.28. The largest absolute Gasteiger partial charge is 0.395 e. The number of hydrogen-bond acceptors (Lipinski definition) is 5. The molecule has 0 aliphatic carbocycles. The van der Waals surface area contributed by atoms with E-state index in [4.69, 9.17) is 5.11 Å². The Kier molecular flexibility index (Phi) is 3.52. The van der Waals surface area contributed by atoms with Crippen LogP contribution in [-0.2, 0) is 6.54 Å². The van der Waals surface area contributed by atoms with Crippen molar-refractivity contribution in [3.8, 4) is 0 Å². The molecule has 5 nitrogen and oxygen atoms in total. The number of likely N-dealkylation sites (tertiary alicyclic amines) is 1. The van der Waals surface area contributed by atoms with Gasteiger partial charge in [0, 0.05) is 23.5 Å². The van der Waals surface area contributed by atoms with Crippen LogP contribution in [-0.4, -0.2) is 34.1 Å². The molecule has 0 saturated carbocycles. The minimum absolute atomic E-state index is 0.174. The van der Waals surface area contributed by atoms with Gasteiger partial charge in [-0.1, -0.05) is 11.3 Å². The molecule has 1 N–H and O–H groups in total. The van der Waals surface area contributed by atoms with Crippen LogP contribution in [0.2, 0.25) is 0 Å². The molecule has 1 aliphatic rings. The summed E-state index contributed by atoms with van der Waals surface area (Å²) in [6, 6.07) is 3.57. The molecule has 2 rings (SSSR count). The van der Waals surface area contributed by atoms with E-state index in [0.717, 1.165) is 24.3 Å². The maximum atomic E-state index is 10.5. The van der Waals surface area contributed by atoms with Gasteiger partial charge in [-0.15, -0.1) is 0 Å². The zero-order chi connectivity index (χ0) is 11.5. The molecule has 0 radical (unpaired) electrons. The van der Waals surface area contributed by atoms with Crippen molar-refractivity contribution in [1.29, 1.82) is 0 Å². The lowest BCUT2D eigenvalue weighted by molar-refractivity contribution is -0.380. The van der Waals surface area contributed by atoms with Gasteiger partial charge in [-0.25, -0.2) is 0 Å². The molecule has 88 valence electrons. The molecule has 0 aromatic carbocycles. The van der Waals surface area contributed by atoms with Crippen LogP contribution in [0.25, 0.3) is 0 Å². The van der Waals surface area contributed by atoms with E-state index >= 15 is 0 Å². The van der Waals surface area contributed by atoms with Gasteiger partial charge in [0.2, 0.25) is 0 Å². The van der Waals surface area contributed by atoms with Crippen LogP contribution >= 0.6 is 11.3 Å². The molecule has 2 heterocycles. The topological polar surface area (TPSA) is 66.6 Å². The van der Waals surface area contributed by atoms with Crippen LogP contribution in [0, 0.1) is 10.1 Å². The predicted molar refractivity (Wildman–Crippen MR) is 61.5 cm³/mol. The number of rotatable bonds is 4. The van der Waals surface area contributed by atoms with Gasteiger partial charge in [0.05, 0.1) is 11.5 Å². The van der Waals surface area contributed by atoms with Crippen LogP contribution in [0.15, 0.2) is 12.1 Å². The highest BCUT2D eigenvalue weighted by Crippen LogP contribution is 2.27. The Labute approximate surface area is 97.5 Å². The first-order chi connectivity index (χ1) is 7.70. The molecule has 1 atom stereocenters. The zero-order valence-corrected chi connectivity index (χ0v) is 9.65. The Hall–Kier alpha value is -0.980. The summed E-state index contributed by atoms with van der Waals surface area (Å²) < 4.78 is 0. The van der Waals surface area contributed by atoms with Gasteiger partial charge in [-0.05, 0) is 25.5 Å². The Balaban J connectivity index is 2.00. The lowest BCUT2D eigenvalue weighted by atomic mass is 10.2. The number of nitrogens with zero attached hydrogens (tertiary/aromatic N) is 2. The maximum Gasteiger partial charge on any atom is 0.324 e. The summed E-state index contributed by atoms with van der Waals surface area (Å²) in [5.41, 5.74) is 0. The first-order valence-corrected chi connectivity index (χ1v) is 6.10. The number of hydrogen-bond donors (Lipinski definition) is 1. The van der Waals surface area contributed by atoms with Crippen molar-refractivity contribution < 1.29 is 10.0 Å². The fourth-order valence-electron chi connectivity index (χ4n) is 2.06. The summed E-state index contributed by atoms with van der Waals surface area (Å²) in [7, 11) is 0. The summed E-state index contributed by atoms with van der Waals surface area (Å²) in [4.78, 5) is 13.4. The van der Waals surface area contributed by atoms with Crippen LogP contribution in [0.1, 0.15) is 17.7 Å². The molecule has 0 bridgehead atoms. The molecule has 1 aromatic rings. The molecule has 1 fully saturated rings. The van der Waals surface area contributed by atoms with Crippen molar-refractivity contribution in [1.82, 2.24) is 4.90 Å². The third-order valence-electron chi connectivity index (χ3n) is 2.90. The first kappa shape index (κ1) is 11.5. The van der Waals surface area contributed by atoms with Gasteiger partial charge < -0.3 is 5.11 Å². The van der Waals surface area contributed by atoms with Gasteiger partial charge in [0.25, 0.3) is 0 Å². The van der Waals surface area contributed by atoms with Crippen molar-refractivity contribution in [3.63, 3.8) is 0 Å².